The summed E-state index contributed by atoms with van der Waals surface area (Å²) in [6, 6.07) is 5.77. The molecule has 1 aromatic heterocycles. The van der Waals surface area contributed by atoms with Crippen LogP contribution in [0.4, 0.5) is 0 Å². The second-order valence-corrected chi connectivity index (χ2v) is 8.16. The van der Waals surface area contributed by atoms with E-state index in [1.165, 1.54) is 12.8 Å². The van der Waals surface area contributed by atoms with E-state index in [2.05, 4.69) is 15.2 Å². The van der Waals surface area contributed by atoms with Gasteiger partial charge in [0, 0.05) is 45.8 Å². The number of carbonyl (C=O) groups is 2. The van der Waals surface area contributed by atoms with Crippen LogP contribution in [0.15, 0.2) is 29.4 Å². The fourth-order valence-electron chi connectivity index (χ4n) is 3.69. The van der Waals surface area contributed by atoms with E-state index in [9.17, 15) is 9.59 Å². The molecule has 0 aromatic carbocycles. The molecule has 28 heavy (non-hydrogen) atoms. The van der Waals surface area contributed by atoms with Gasteiger partial charge in [-0.05, 0) is 37.3 Å². The molecule has 2 heterocycles. The van der Waals surface area contributed by atoms with Gasteiger partial charge in [-0.15, -0.1) is 0 Å². The van der Waals surface area contributed by atoms with Crippen molar-refractivity contribution < 1.29 is 9.59 Å². The molecule has 150 valence electrons. The maximum atomic E-state index is 12.8. The van der Waals surface area contributed by atoms with Gasteiger partial charge in [-0.25, -0.2) is 4.99 Å². The lowest BCUT2D eigenvalue weighted by atomic mass is 10.2. The topological polar surface area (TPSA) is 77.9 Å². The molecule has 0 unspecified atom stereocenters. The van der Waals surface area contributed by atoms with Crippen molar-refractivity contribution in [2.75, 3.05) is 32.7 Å². The van der Waals surface area contributed by atoms with E-state index in [1.807, 2.05) is 23.1 Å². The highest BCUT2D eigenvalue weighted by atomic mass is 16.2. The normalized spacial score (nSPS) is 21.4. The van der Waals surface area contributed by atoms with Gasteiger partial charge in [0.15, 0.2) is 5.84 Å². The SMILES string of the molecule is CC(=O)N1CCN(C(=NC2(C(=O)NCCC3CC3)CC2)c2ccccn2)CC1. The number of piperazine rings is 1. The third-order valence-corrected chi connectivity index (χ3v) is 5.92. The largest absolute Gasteiger partial charge is 0.354 e. The molecule has 0 radical (unpaired) electrons. The van der Waals surface area contributed by atoms with Crippen LogP contribution in [0.25, 0.3) is 0 Å². The number of amidine groups is 1. The number of hydrogen-bond donors (Lipinski definition) is 1. The number of nitrogens with zero attached hydrogens (tertiary/aromatic N) is 4. The lowest BCUT2D eigenvalue weighted by Crippen LogP contribution is -2.51. The Balaban J connectivity index is 1.50. The van der Waals surface area contributed by atoms with Gasteiger partial charge in [-0.3, -0.25) is 14.6 Å². The van der Waals surface area contributed by atoms with E-state index in [0.29, 0.717) is 26.2 Å². The van der Waals surface area contributed by atoms with Crippen LogP contribution in [0.1, 0.15) is 44.7 Å². The van der Waals surface area contributed by atoms with E-state index < -0.39 is 5.54 Å². The number of aromatic nitrogens is 1. The predicted molar refractivity (Wildman–Crippen MR) is 107 cm³/mol. The maximum absolute atomic E-state index is 12.8. The third kappa shape index (κ3) is 4.34. The fourth-order valence-corrected chi connectivity index (χ4v) is 3.69. The maximum Gasteiger partial charge on any atom is 0.248 e. The zero-order chi connectivity index (χ0) is 19.6. The van der Waals surface area contributed by atoms with Crippen LogP contribution in [0.3, 0.4) is 0 Å². The van der Waals surface area contributed by atoms with Gasteiger partial charge in [-0.1, -0.05) is 18.9 Å². The van der Waals surface area contributed by atoms with Crippen molar-refractivity contribution in [3.8, 4) is 0 Å². The van der Waals surface area contributed by atoms with Crippen LogP contribution >= 0.6 is 0 Å². The summed E-state index contributed by atoms with van der Waals surface area (Å²) in [5.41, 5.74) is 0.143. The molecule has 2 saturated carbocycles. The van der Waals surface area contributed by atoms with Crippen molar-refractivity contribution in [2.45, 2.75) is 44.6 Å². The third-order valence-electron chi connectivity index (χ3n) is 5.92. The van der Waals surface area contributed by atoms with Crippen LogP contribution in [-0.2, 0) is 9.59 Å². The fraction of sp³-hybridized carbons (Fsp3) is 0.619. The standard InChI is InChI=1S/C21H29N5O2/c1-16(27)25-12-14-26(15-13-25)19(18-4-2-3-10-22-18)24-21(8-9-21)20(28)23-11-7-17-5-6-17/h2-4,10,17H,5-9,11-15H2,1H3,(H,23,28). The molecular formula is C21H29N5O2. The summed E-state index contributed by atoms with van der Waals surface area (Å²) in [5.74, 6) is 1.73. The van der Waals surface area contributed by atoms with E-state index in [1.54, 1.807) is 13.1 Å². The zero-order valence-electron chi connectivity index (χ0n) is 16.6. The first-order valence-corrected chi connectivity index (χ1v) is 10.4. The van der Waals surface area contributed by atoms with E-state index in [0.717, 1.165) is 43.3 Å². The first kappa shape index (κ1) is 18.9. The monoisotopic (exact) mass is 383 g/mol. The minimum Gasteiger partial charge on any atom is -0.354 e. The Bertz CT molecular complexity index is 747. The molecule has 1 aliphatic heterocycles. The molecule has 0 spiro atoms. The number of pyridine rings is 1. The van der Waals surface area contributed by atoms with Crippen molar-refractivity contribution in [1.82, 2.24) is 20.1 Å². The molecule has 3 fully saturated rings. The molecular weight excluding hydrogens is 354 g/mol. The van der Waals surface area contributed by atoms with Gasteiger partial charge in [-0.2, -0.15) is 0 Å². The number of nitrogens with one attached hydrogen (secondary N) is 1. The molecule has 1 aromatic rings. The van der Waals surface area contributed by atoms with E-state index >= 15 is 0 Å². The molecule has 2 amide bonds. The van der Waals surface area contributed by atoms with Gasteiger partial charge < -0.3 is 15.1 Å². The van der Waals surface area contributed by atoms with Crippen molar-refractivity contribution >= 4 is 17.6 Å². The summed E-state index contributed by atoms with van der Waals surface area (Å²) in [7, 11) is 0. The van der Waals surface area contributed by atoms with Crippen LogP contribution in [-0.4, -0.2) is 70.7 Å². The minimum absolute atomic E-state index is 0.0453. The first-order valence-electron chi connectivity index (χ1n) is 10.4. The van der Waals surface area contributed by atoms with Crippen molar-refractivity contribution in [3.05, 3.63) is 30.1 Å². The number of hydrogen-bond acceptors (Lipinski definition) is 4. The van der Waals surface area contributed by atoms with E-state index in [4.69, 9.17) is 4.99 Å². The average molecular weight is 383 g/mol. The minimum atomic E-state index is -0.645. The Morgan fingerprint density at radius 3 is 2.46 bits per heavy atom. The summed E-state index contributed by atoms with van der Waals surface area (Å²) in [6.07, 6.45) is 7.00. The molecule has 4 rings (SSSR count). The zero-order valence-corrected chi connectivity index (χ0v) is 16.6. The molecule has 1 N–H and O–H groups in total. The molecule has 0 atom stereocenters. The van der Waals surface area contributed by atoms with Gasteiger partial charge in [0.25, 0.3) is 0 Å². The summed E-state index contributed by atoms with van der Waals surface area (Å²) in [5, 5.41) is 3.10. The molecule has 3 aliphatic rings. The van der Waals surface area contributed by atoms with Crippen molar-refractivity contribution in [3.63, 3.8) is 0 Å². The Labute approximate surface area is 166 Å². The highest BCUT2D eigenvalue weighted by Gasteiger charge is 2.51. The van der Waals surface area contributed by atoms with Crippen LogP contribution in [0.5, 0.6) is 0 Å². The highest BCUT2D eigenvalue weighted by Crippen LogP contribution is 2.41. The van der Waals surface area contributed by atoms with Gasteiger partial charge in [0.05, 0.1) is 0 Å². The Kier molecular flexibility index (Phi) is 5.33. The van der Waals surface area contributed by atoms with E-state index in [-0.39, 0.29) is 11.8 Å². The Morgan fingerprint density at radius 1 is 1.18 bits per heavy atom. The summed E-state index contributed by atoms with van der Waals surface area (Å²) in [4.78, 5) is 37.9. The van der Waals surface area contributed by atoms with Crippen LogP contribution in [0.2, 0.25) is 0 Å². The smallest absolute Gasteiger partial charge is 0.248 e. The first-order chi connectivity index (χ1) is 13.6. The number of aliphatic imine (C=N–C) groups is 1. The number of rotatable bonds is 6. The Morgan fingerprint density at radius 2 is 1.89 bits per heavy atom. The van der Waals surface area contributed by atoms with Crippen LogP contribution < -0.4 is 5.32 Å². The van der Waals surface area contributed by atoms with Crippen molar-refractivity contribution in [1.29, 1.82) is 0 Å². The molecule has 0 bridgehead atoms. The van der Waals surface area contributed by atoms with Gasteiger partial charge >= 0.3 is 0 Å². The molecule has 2 aliphatic carbocycles. The van der Waals surface area contributed by atoms with Gasteiger partial charge in [0.1, 0.15) is 11.2 Å². The quantitative estimate of drug-likeness (QED) is 0.596. The van der Waals surface area contributed by atoms with Crippen LogP contribution in [0, 0.1) is 5.92 Å². The Hall–Kier alpha value is -2.44. The second-order valence-electron chi connectivity index (χ2n) is 8.16. The number of carbonyl (C=O) groups excluding carboxylic acids is 2. The summed E-state index contributed by atoms with van der Waals surface area (Å²) >= 11 is 0. The van der Waals surface area contributed by atoms with Crippen molar-refractivity contribution in [2.24, 2.45) is 10.9 Å². The second kappa shape index (κ2) is 7.89. The molecule has 7 heteroatoms. The molecule has 1 saturated heterocycles. The predicted octanol–water partition coefficient (Wildman–Crippen LogP) is 1.44. The molecule has 7 nitrogen and oxygen atoms in total. The average Bonchev–Trinajstić information content (AvgIpc) is 3.63. The highest BCUT2D eigenvalue weighted by molar-refractivity contribution is 6.01. The summed E-state index contributed by atoms with van der Waals surface area (Å²) < 4.78 is 0. The van der Waals surface area contributed by atoms with Gasteiger partial charge in [0.2, 0.25) is 11.8 Å². The lowest BCUT2D eigenvalue weighted by molar-refractivity contribution is -0.130. The lowest BCUT2D eigenvalue weighted by Gasteiger charge is -2.36. The number of amides is 2. The summed E-state index contributed by atoms with van der Waals surface area (Å²) in [6.45, 7) is 5.10.